The number of carboxylic acid groups (broad SMARTS) is 1. The number of carbonyl (C=O) groups is 1. The van der Waals surface area contributed by atoms with Gasteiger partial charge >= 0.3 is 11.7 Å². The number of carboxylic acids is 1. The maximum absolute atomic E-state index is 12.5. The fourth-order valence-electron chi connectivity index (χ4n) is 2.39. The molecule has 0 aliphatic carbocycles. The van der Waals surface area contributed by atoms with E-state index in [1.165, 1.54) is 22.8 Å². The molecule has 0 spiro atoms. The van der Waals surface area contributed by atoms with Crippen LogP contribution >= 0.6 is 0 Å². The lowest BCUT2D eigenvalue weighted by atomic mass is 10.0. The van der Waals surface area contributed by atoms with Gasteiger partial charge in [0.05, 0.1) is 10.4 Å². The van der Waals surface area contributed by atoms with Crippen molar-refractivity contribution < 1.29 is 22.7 Å². The molecule has 2 atom stereocenters. The average molecular weight is 356 g/mol. The number of rotatable bonds is 7. The zero-order valence-corrected chi connectivity index (χ0v) is 14.5. The summed E-state index contributed by atoms with van der Waals surface area (Å²) in [5.41, 5.74) is 0.623. The second-order valence-electron chi connectivity index (χ2n) is 5.56. The molecule has 0 fully saturated rings. The van der Waals surface area contributed by atoms with Crippen LogP contribution in [0.25, 0.3) is 11.1 Å². The molecule has 0 aliphatic heterocycles. The molecule has 132 valence electrons. The fourth-order valence-corrected chi connectivity index (χ4v) is 3.71. The second kappa shape index (κ2) is 6.78. The molecule has 0 aliphatic rings. The van der Waals surface area contributed by atoms with Crippen molar-refractivity contribution in [1.82, 2.24) is 9.29 Å². The van der Waals surface area contributed by atoms with E-state index < -0.39 is 27.8 Å². The van der Waals surface area contributed by atoms with Crippen LogP contribution in [0.5, 0.6) is 0 Å². The zero-order valence-electron chi connectivity index (χ0n) is 13.6. The van der Waals surface area contributed by atoms with Crippen LogP contribution in [0.15, 0.2) is 32.3 Å². The molecular formula is C15H20N2O6S. The smallest absolute Gasteiger partial charge is 0.419 e. The van der Waals surface area contributed by atoms with Gasteiger partial charge in [0.1, 0.15) is 6.04 Å². The number of benzene rings is 1. The third kappa shape index (κ3) is 3.36. The number of hydrogen-bond donors (Lipinski definition) is 2. The molecule has 8 nitrogen and oxygen atoms in total. The minimum atomic E-state index is -4.06. The highest BCUT2D eigenvalue weighted by Crippen LogP contribution is 2.20. The molecule has 0 amide bonds. The number of hydrogen-bond acceptors (Lipinski definition) is 5. The number of nitrogens with one attached hydrogen (secondary N) is 1. The summed E-state index contributed by atoms with van der Waals surface area (Å²) in [6.07, 6.45) is 0.507. The van der Waals surface area contributed by atoms with E-state index in [1.807, 2.05) is 0 Å². The molecule has 0 radical (unpaired) electrons. The molecule has 0 bridgehead atoms. The zero-order chi connectivity index (χ0) is 18.1. The van der Waals surface area contributed by atoms with Crippen LogP contribution in [-0.2, 0) is 21.4 Å². The number of fused-ring (bicyclic) bond motifs is 1. The topological polar surface area (TPSA) is 119 Å². The predicted octanol–water partition coefficient (Wildman–Crippen LogP) is 1.39. The van der Waals surface area contributed by atoms with Crippen LogP contribution in [0.1, 0.15) is 27.2 Å². The summed E-state index contributed by atoms with van der Waals surface area (Å²) in [6.45, 7) is 5.60. The van der Waals surface area contributed by atoms with Gasteiger partial charge in [-0.25, -0.2) is 13.2 Å². The van der Waals surface area contributed by atoms with Crippen molar-refractivity contribution in [2.45, 2.75) is 44.7 Å². The van der Waals surface area contributed by atoms with Crippen molar-refractivity contribution in [3.8, 4) is 0 Å². The SMILES string of the molecule is CC[C@H](C)[C@H](NS(=O)(=O)c1ccc2c(c1)oc(=O)n2CC)C(=O)O. The van der Waals surface area contributed by atoms with Crippen LogP contribution in [-0.4, -0.2) is 30.1 Å². The van der Waals surface area contributed by atoms with E-state index in [0.29, 0.717) is 18.5 Å². The van der Waals surface area contributed by atoms with Crippen LogP contribution in [0.2, 0.25) is 0 Å². The van der Waals surface area contributed by atoms with E-state index in [1.54, 1.807) is 20.8 Å². The quantitative estimate of drug-likeness (QED) is 0.774. The third-order valence-corrected chi connectivity index (χ3v) is 5.47. The maximum Gasteiger partial charge on any atom is 0.419 e. The van der Waals surface area contributed by atoms with Crippen molar-refractivity contribution in [2.75, 3.05) is 0 Å². The van der Waals surface area contributed by atoms with Gasteiger partial charge in [-0.3, -0.25) is 9.36 Å². The normalized spacial score (nSPS) is 14.6. The van der Waals surface area contributed by atoms with Crippen LogP contribution in [0.3, 0.4) is 0 Å². The highest BCUT2D eigenvalue weighted by atomic mass is 32.2. The first-order valence-electron chi connectivity index (χ1n) is 7.59. The Morgan fingerprint density at radius 2 is 2.04 bits per heavy atom. The Bertz CT molecular complexity index is 912. The van der Waals surface area contributed by atoms with Crippen molar-refractivity contribution in [1.29, 1.82) is 0 Å². The molecule has 1 aromatic carbocycles. The minimum Gasteiger partial charge on any atom is -0.480 e. The predicted molar refractivity (Wildman–Crippen MR) is 87.3 cm³/mol. The summed E-state index contributed by atoms with van der Waals surface area (Å²) in [4.78, 5) is 22.8. The van der Waals surface area contributed by atoms with E-state index in [-0.39, 0.29) is 16.4 Å². The Kier molecular flexibility index (Phi) is 5.14. The first-order chi connectivity index (χ1) is 11.2. The Hall–Kier alpha value is -2.13. The highest BCUT2D eigenvalue weighted by Gasteiger charge is 2.29. The molecule has 2 rings (SSSR count). The van der Waals surface area contributed by atoms with Gasteiger partial charge in [-0.2, -0.15) is 4.72 Å². The molecule has 2 aromatic rings. The molecule has 1 aromatic heterocycles. The van der Waals surface area contributed by atoms with Gasteiger partial charge in [-0.1, -0.05) is 20.3 Å². The fraction of sp³-hybridized carbons (Fsp3) is 0.467. The van der Waals surface area contributed by atoms with E-state index >= 15 is 0 Å². The van der Waals surface area contributed by atoms with Gasteiger partial charge in [0.15, 0.2) is 5.58 Å². The van der Waals surface area contributed by atoms with Gasteiger partial charge < -0.3 is 9.52 Å². The summed E-state index contributed by atoms with van der Waals surface area (Å²) < 4.78 is 33.6. The number of sulfonamides is 1. The first kappa shape index (κ1) is 18.2. The van der Waals surface area contributed by atoms with Crippen molar-refractivity contribution >= 4 is 27.1 Å². The maximum atomic E-state index is 12.5. The van der Waals surface area contributed by atoms with Crippen LogP contribution in [0, 0.1) is 5.92 Å². The summed E-state index contributed by atoms with van der Waals surface area (Å²) in [6, 6.07) is 2.78. The van der Waals surface area contributed by atoms with Crippen molar-refractivity contribution in [3.63, 3.8) is 0 Å². The lowest BCUT2D eigenvalue weighted by molar-refractivity contribution is -0.140. The minimum absolute atomic E-state index is 0.139. The molecule has 0 saturated heterocycles. The molecule has 0 saturated carbocycles. The molecule has 24 heavy (non-hydrogen) atoms. The Morgan fingerprint density at radius 1 is 1.38 bits per heavy atom. The molecule has 9 heteroatoms. The monoisotopic (exact) mass is 356 g/mol. The summed E-state index contributed by atoms with van der Waals surface area (Å²) in [7, 11) is -4.06. The van der Waals surface area contributed by atoms with Crippen LogP contribution < -0.4 is 10.5 Å². The summed E-state index contributed by atoms with van der Waals surface area (Å²) >= 11 is 0. The molecule has 1 heterocycles. The number of aromatic nitrogens is 1. The Morgan fingerprint density at radius 3 is 2.58 bits per heavy atom. The standard InChI is InChI=1S/C15H20N2O6S/c1-4-9(3)13(14(18)19)16-24(21,22)10-6-7-11-12(8-10)23-15(20)17(11)5-2/h6-9,13,16H,4-5H2,1-3H3,(H,18,19)/t9-,13-/m0/s1. The van der Waals surface area contributed by atoms with Crippen LogP contribution in [0.4, 0.5) is 0 Å². The first-order valence-corrected chi connectivity index (χ1v) is 9.08. The van der Waals surface area contributed by atoms with Gasteiger partial charge in [0.25, 0.3) is 0 Å². The second-order valence-corrected chi connectivity index (χ2v) is 7.28. The van der Waals surface area contributed by atoms with Gasteiger partial charge in [-0.15, -0.1) is 0 Å². The lowest BCUT2D eigenvalue weighted by Gasteiger charge is -2.20. The summed E-state index contributed by atoms with van der Waals surface area (Å²) in [5.74, 6) is -2.18. The van der Waals surface area contributed by atoms with E-state index in [0.717, 1.165) is 0 Å². The van der Waals surface area contributed by atoms with E-state index in [4.69, 9.17) is 4.42 Å². The summed E-state index contributed by atoms with van der Waals surface area (Å²) in [5, 5.41) is 9.24. The molecule has 0 unspecified atom stereocenters. The van der Waals surface area contributed by atoms with Crippen molar-refractivity contribution in [3.05, 3.63) is 28.7 Å². The van der Waals surface area contributed by atoms with Gasteiger partial charge in [0, 0.05) is 12.6 Å². The van der Waals surface area contributed by atoms with Crippen molar-refractivity contribution in [2.24, 2.45) is 5.92 Å². The Balaban J connectivity index is 2.44. The largest absolute Gasteiger partial charge is 0.480 e. The van der Waals surface area contributed by atoms with Gasteiger partial charge in [0.2, 0.25) is 10.0 Å². The number of oxazole rings is 1. The Labute approximate surface area is 139 Å². The molecular weight excluding hydrogens is 336 g/mol. The van der Waals surface area contributed by atoms with E-state index in [9.17, 15) is 23.1 Å². The van der Waals surface area contributed by atoms with Gasteiger partial charge in [-0.05, 0) is 25.0 Å². The number of aliphatic carboxylic acids is 1. The highest BCUT2D eigenvalue weighted by molar-refractivity contribution is 7.89. The third-order valence-electron chi connectivity index (χ3n) is 4.03. The average Bonchev–Trinajstić information content (AvgIpc) is 2.85. The number of aryl methyl sites for hydroxylation is 1. The number of nitrogens with zero attached hydrogens (tertiary/aromatic N) is 1. The lowest BCUT2D eigenvalue weighted by Crippen LogP contribution is -2.44. The van der Waals surface area contributed by atoms with E-state index in [2.05, 4.69) is 4.72 Å². The molecule has 2 N–H and O–H groups in total.